The smallest absolute Gasteiger partial charge is 0.493 e. The number of primary amides is 1. The Morgan fingerprint density at radius 3 is 2.24 bits per heavy atom. The van der Waals surface area contributed by atoms with Gasteiger partial charge in [0.15, 0.2) is 11.5 Å². The fraction of sp³-hybridized carbons (Fsp3) is 0.136. The van der Waals surface area contributed by atoms with Crippen molar-refractivity contribution in [2.75, 3.05) is 12.4 Å². The van der Waals surface area contributed by atoms with Gasteiger partial charge in [0.2, 0.25) is 6.20 Å². The summed E-state index contributed by atoms with van der Waals surface area (Å²) in [5, 5.41) is 11.8. The van der Waals surface area contributed by atoms with Crippen LogP contribution in [0.3, 0.4) is 0 Å². The van der Waals surface area contributed by atoms with Gasteiger partial charge in [0.25, 0.3) is 5.91 Å². The predicted molar refractivity (Wildman–Crippen MR) is 111 cm³/mol. The first-order chi connectivity index (χ1) is 17.6. The first kappa shape index (κ1) is 27.8. The molecule has 0 spiro atoms. The second kappa shape index (κ2) is 10.3. The van der Waals surface area contributed by atoms with Crippen LogP contribution in [0.5, 0.6) is 23.0 Å². The number of nitrogens with two attached hydrogens (primary N) is 1. The minimum Gasteiger partial charge on any atom is -0.493 e. The lowest BCUT2D eigenvalue weighted by molar-refractivity contribution is -0.905. The zero-order valence-electron chi connectivity index (χ0n) is 18.8. The van der Waals surface area contributed by atoms with Crippen molar-refractivity contribution in [1.29, 1.82) is 0 Å². The lowest BCUT2D eigenvalue weighted by atomic mass is 10.1. The average Bonchev–Trinajstić information content (AvgIpc) is 2.80. The number of methoxy groups -OCH3 is 1. The number of amides is 2. The highest BCUT2D eigenvalue weighted by Crippen LogP contribution is 2.40. The van der Waals surface area contributed by atoms with E-state index in [0.717, 1.165) is 43.6 Å². The summed E-state index contributed by atoms with van der Waals surface area (Å²) in [6.45, 7) is 0. The Bertz CT molecular complexity index is 1390. The monoisotopic (exact) mass is 550 g/mol. The van der Waals surface area contributed by atoms with E-state index in [1.165, 1.54) is 0 Å². The lowest BCUT2D eigenvalue weighted by Crippen LogP contribution is -2.39. The van der Waals surface area contributed by atoms with Crippen molar-refractivity contribution in [2.24, 2.45) is 5.73 Å². The molecular formula is C22H15F7N3O6+. The summed E-state index contributed by atoms with van der Waals surface area (Å²) in [4.78, 5) is 24.3. The van der Waals surface area contributed by atoms with E-state index in [4.69, 9.17) is 15.2 Å². The van der Waals surface area contributed by atoms with Crippen molar-refractivity contribution in [2.45, 2.75) is 12.5 Å². The third kappa shape index (κ3) is 6.51. The third-order valence-corrected chi connectivity index (χ3v) is 4.65. The van der Waals surface area contributed by atoms with Gasteiger partial charge in [-0.1, -0.05) is 0 Å². The normalized spacial score (nSPS) is 11.6. The number of hydrogen-bond donors (Lipinski definition) is 3. The number of carbonyl (C=O) groups excluding carboxylic acids is 2. The topological polar surface area (TPSA) is 124 Å². The highest BCUT2D eigenvalue weighted by molar-refractivity contribution is 6.06. The van der Waals surface area contributed by atoms with E-state index < -0.39 is 70.0 Å². The zero-order valence-corrected chi connectivity index (χ0v) is 18.8. The van der Waals surface area contributed by atoms with E-state index in [1.54, 1.807) is 0 Å². The minimum absolute atomic E-state index is 0.172. The number of ether oxygens (including phenoxy) is 3. The van der Waals surface area contributed by atoms with E-state index in [9.17, 15) is 45.5 Å². The van der Waals surface area contributed by atoms with Gasteiger partial charge >= 0.3 is 24.1 Å². The minimum atomic E-state index is -5.21. The molecule has 3 aromatic rings. The number of rotatable bonds is 7. The number of carbonyl (C=O) groups is 2. The molecular weight excluding hydrogens is 535 g/mol. The number of alkyl halides is 6. The molecule has 202 valence electrons. The third-order valence-electron chi connectivity index (χ3n) is 4.65. The number of nitrogens with one attached hydrogen (secondary N) is 1. The van der Waals surface area contributed by atoms with Crippen molar-refractivity contribution in [3.63, 3.8) is 0 Å². The number of halogens is 7. The number of anilines is 1. The molecule has 0 saturated carbocycles. The zero-order chi connectivity index (χ0) is 28.4. The summed E-state index contributed by atoms with van der Waals surface area (Å²) >= 11 is 0. The second-order valence-electron chi connectivity index (χ2n) is 7.25. The molecule has 0 saturated heterocycles. The molecule has 0 unspecified atom stereocenters. The van der Waals surface area contributed by atoms with E-state index in [1.807, 2.05) is 0 Å². The maximum Gasteiger partial charge on any atom is 0.573 e. The summed E-state index contributed by atoms with van der Waals surface area (Å²) in [5.41, 5.74) is 1.84. The van der Waals surface area contributed by atoms with Crippen LogP contribution in [0.25, 0.3) is 0 Å². The summed E-state index contributed by atoms with van der Waals surface area (Å²) in [7, 11) is 1.01. The first-order valence-corrected chi connectivity index (χ1v) is 9.97. The van der Waals surface area contributed by atoms with Crippen LogP contribution in [-0.4, -0.2) is 30.5 Å². The van der Waals surface area contributed by atoms with Gasteiger partial charge in [-0.3, -0.25) is 14.8 Å². The van der Waals surface area contributed by atoms with Gasteiger partial charge in [0.1, 0.15) is 17.3 Å². The van der Waals surface area contributed by atoms with Crippen LogP contribution in [0.1, 0.15) is 26.4 Å². The SMILES string of the molecule is COc1cc(OC(F)(F)F)ccc1Oc1cc(C(F)(F)F)c(F)cc1C(=O)Nc1cc[n+](O)c(C(N)=O)c1. The molecule has 3 rings (SSSR count). The van der Waals surface area contributed by atoms with Gasteiger partial charge in [0.05, 0.1) is 23.9 Å². The Kier molecular flexibility index (Phi) is 7.55. The van der Waals surface area contributed by atoms with Gasteiger partial charge < -0.3 is 25.3 Å². The van der Waals surface area contributed by atoms with Crippen molar-refractivity contribution < 1.29 is 64.5 Å². The second-order valence-corrected chi connectivity index (χ2v) is 7.25. The maximum atomic E-state index is 14.3. The van der Waals surface area contributed by atoms with Crippen LogP contribution in [0.2, 0.25) is 0 Å². The van der Waals surface area contributed by atoms with Crippen molar-refractivity contribution in [3.8, 4) is 23.0 Å². The molecule has 2 amide bonds. The van der Waals surface area contributed by atoms with Gasteiger partial charge in [-0.2, -0.15) is 13.2 Å². The largest absolute Gasteiger partial charge is 0.573 e. The highest BCUT2D eigenvalue weighted by Gasteiger charge is 2.36. The van der Waals surface area contributed by atoms with E-state index in [2.05, 4.69) is 10.1 Å². The standard InChI is InChI=1S/C22H14F7N3O6/c1-36-18-7-11(38-22(27,28)29)2-3-16(18)37-17-9-13(21(24,25)26)14(23)8-12(17)20(34)31-10-4-5-32(35)15(6-10)19(30)33/h2-9,35H,1H3,(H2,30,33)/p+1. The van der Waals surface area contributed by atoms with Crippen molar-refractivity contribution >= 4 is 17.5 Å². The number of hydrogen-bond acceptors (Lipinski definition) is 6. The Balaban J connectivity index is 2.06. The molecule has 4 N–H and O–H groups in total. The van der Waals surface area contributed by atoms with Gasteiger partial charge in [-0.05, 0) is 24.3 Å². The molecule has 1 aromatic heterocycles. The van der Waals surface area contributed by atoms with E-state index in [0.29, 0.717) is 4.73 Å². The molecule has 0 fully saturated rings. The Hall–Kier alpha value is -4.76. The van der Waals surface area contributed by atoms with Crippen LogP contribution >= 0.6 is 0 Å². The number of nitrogens with zero attached hydrogens (tertiary/aromatic N) is 1. The first-order valence-electron chi connectivity index (χ1n) is 9.97. The summed E-state index contributed by atoms with van der Waals surface area (Å²) in [5.74, 6) is -6.65. The Morgan fingerprint density at radius 2 is 1.66 bits per heavy atom. The van der Waals surface area contributed by atoms with Crippen LogP contribution < -0.4 is 30.0 Å². The molecule has 0 bridgehead atoms. The number of pyridine rings is 1. The molecule has 9 nitrogen and oxygen atoms in total. The van der Waals surface area contributed by atoms with Crippen LogP contribution in [0, 0.1) is 5.82 Å². The number of benzene rings is 2. The van der Waals surface area contributed by atoms with Crippen LogP contribution in [-0.2, 0) is 6.18 Å². The predicted octanol–water partition coefficient (Wildman–Crippen LogP) is 4.42. The van der Waals surface area contributed by atoms with Crippen LogP contribution in [0.4, 0.5) is 36.4 Å². The summed E-state index contributed by atoms with van der Waals surface area (Å²) in [6.07, 6.45) is -9.36. The molecule has 16 heteroatoms. The fourth-order valence-electron chi connectivity index (χ4n) is 3.03. The Labute approximate surface area is 207 Å². The molecule has 0 aliphatic carbocycles. The van der Waals surface area contributed by atoms with E-state index >= 15 is 0 Å². The molecule has 0 radical (unpaired) electrons. The quantitative estimate of drug-likeness (QED) is 0.227. The summed E-state index contributed by atoms with van der Waals surface area (Å²) < 4.78 is 106. The highest BCUT2D eigenvalue weighted by atomic mass is 19.4. The molecule has 2 aromatic carbocycles. The Morgan fingerprint density at radius 1 is 0.974 bits per heavy atom. The lowest BCUT2D eigenvalue weighted by Gasteiger charge is -2.17. The molecule has 1 heterocycles. The molecule has 38 heavy (non-hydrogen) atoms. The van der Waals surface area contributed by atoms with Crippen molar-refractivity contribution in [1.82, 2.24) is 0 Å². The van der Waals surface area contributed by atoms with Crippen molar-refractivity contribution in [3.05, 3.63) is 71.3 Å². The van der Waals surface area contributed by atoms with Crippen LogP contribution in [0.15, 0.2) is 48.7 Å². The van der Waals surface area contributed by atoms with Gasteiger partial charge in [-0.15, -0.1) is 13.2 Å². The van der Waals surface area contributed by atoms with Gasteiger partial charge in [0, 0.05) is 22.9 Å². The van der Waals surface area contributed by atoms with E-state index in [-0.39, 0.29) is 17.8 Å². The van der Waals surface area contributed by atoms with Gasteiger partial charge in [-0.25, -0.2) is 4.39 Å². The molecule has 0 atom stereocenters. The fourth-order valence-corrected chi connectivity index (χ4v) is 3.03. The molecule has 0 aliphatic rings. The number of aromatic nitrogens is 1. The average molecular weight is 550 g/mol. The maximum absolute atomic E-state index is 14.3. The molecule has 0 aliphatic heterocycles. The summed E-state index contributed by atoms with van der Waals surface area (Å²) in [6, 6.07) is 4.73.